The molecule has 1 aromatic carbocycles. The molecule has 0 amide bonds. The lowest BCUT2D eigenvalue weighted by molar-refractivity contribution is 0.301. The minimum Gasteiger partial charge on any atom is -0.487 e. The van der Waals surface area contributed by atoms with E-state index in [4.69, 9.17) is 10.5 Å². The summed E-state index contributed by atoms with van der Waals surface area (Å²) in [4.78, 5) is 4.38. The van der Waals surface area contributed by atoms with E-state index in [2.05, 4.69) is 24.0 Å². The maximum atomic E-state index is 5.97. The normalized spacial score (nSPS) is 12.4. The van der Waals surface area contributed by atoms with Gasteiger partial charge in [-0.2, -0.15) is 0 Å². The number of rotatable bonds is 6. The van der Waals surface area contributed by atoms with E-state index in [-0.39, 0.29) is 6.04 Å². The first-order valence-electron chi connectivity index (χ1n) is 6.55. The molecule has 0 spiro atoms. The maximum Gasteiger partial charge on any atom is 0.131 e. The molecule has 1 heterocycles. The molecule has 0 saturated heterocycles. The van der Waals surface area contributed by atoms with Gasteiger partial charge in [-0.15, -0.1) is 11.3 Å². The van der Waals surface area contributed by atoms with Gasteiger partial charge in [-0.3, -0.25) is 0 Å². The van der Waals surface area contributed by atoms with Crippen LogP contribution in [0.15, 0.2) is 29.6 Å². The number of hydrogen-bond acceptors (Lipinski definition) is 4. The van der Waals surface area contributed by atoms with Crippen molar-refractivity contribution in [1.82, 2.24) is 4.98 Å². The lowest BCUT2D eigenvalue weighted by atomic mass is 10.0. The smallest absolute Gasteiger partial charge is 0.131 e. The van der Waals surface area contributed by atoms with Crippen LogP contribution in [-0.4, -0.2) is 11.0 Å². The van der Waals surface area contributed by atoms with Crippen molar-refractivity contribution < 1.29 is 4.74 Å². The number of hydrogen-bond donors (Lipinski definition) is 1. The third-order valence-corrected chi connectivity index (χ3v) is 3.80. The third kappa shape index (κ3) is 4.33. The zero-order valence-corrected chi connectivity index (χ0v) is 12.2. The zero-order chi connectivity index (χ0) is 13.7. The molecular formula is C15H20N2OS. The van der Waals surface area contributed by atoms with E-state index in [9.17, 15) is 0 Å². The summed E-state index contributed by atoms with van der Waals surface area (Å²) in [6, 6.07) is 8.36. The van der Waals surface area contributed by atoms with Gasteiger partial charge < -0.3 is 10.5 Å². The first kappa shape index (κ1) is 14.0. The van der Waals surface area contributed by atoms with E-state index in [1.165, 1.54) is 5.56 Å². The van der Waals surface area contributed by atoms with Gasteiger partial charge in [0.05, 0.1) is 10.7 Å². The number of nitrogens with zero attached hydrogens (tertiary/aromatic N) is 1. The van der Waals surface area contributed by atoms with E-state index >= 15 is 0 Å². The lowest BCUT2D eigenvalue weighted by Gasteiger charge is -2.10. The van der Waals surface area contributed by atoms with Crippen molar-refractivity contribution in [2.45, 2.75) is 39.3 Å². The molecule has 0 aliphatic heterocycles. The summed E-state index contributed by atoms with van der Waals surface area (Å²) in [6.07, 6.45) is 1.88. The van der Waals surface area contributed by atoms with Gasteiger partial charge in [0.2, 0.25) is 0 Å². The van der Waals surface area contributed by atoms with Crippen LogP contribution in [0.4, 0.5) is 0 Å². The quantitative estimate of drug-likeness (QED) is 0.880. The molecule has 0 fully saturated rings. The van der Waals surface area contributed by atoms with Crippen molar-refractivity contribution in [3.05, 3.63) is 45.9 Å². The van der Waals surface area contributed by atoms with Crippen LogP contribution < -0.4 is 10.5 Å². The zero-order valence-electron chi connectivity index (χ0n) is 11.4. The standard InChI is InChI=1S/C15H20N2OS/c1-3-13(16)7-12-5-4-6-15(8-12)18-9-14-10-19-11(2)17-14/h4-6,8,10,13H,3,7,9,16H2,1-2H3. The fourth-order valence-corrected chi connectivity index (χ4v) is 2.44. The number of nitrogens with two attached hydrogens (primary N) is 1. The maximum absolute atomic E-state index is 5.97. The molecule has 0 saturated carbocycles. The van der Waals surface area contributed by atoms with Crippen molar-refractivity contribution in [3.8, 4) is 5.75 Å². The molecule has 2 N–H and O–H groups in total. The monoisotopic (exact) mass is 276 g/mol. The Bertz CT molecular complexity index is 524. The largest absolute Gasteiger partial charge is 0.487 e. The van der Waals surface area contributed by atoms with Crippen LogP contribution in [0.3, 0.4) is 0 Å². The van der Waals surface area contributed by atoms with Gasteiger partial charge in [-0.25, -0.2) is 4.98 Å². The van der Waals surface area contributed by atoms with Gasteiger partial charge in [0.15, 0.2) is 0 Å². The lowest BCUT2D eigenvalue weighted by Crippen LogP contribution is -2.21. The Morgan fingerprint density at radius 3 is 2.95 bits per heavy atom. The molecule has 0 radical (unpaired) electrons. The van der Waals surface area contributed by atoms with E-state index in [0.717, 1.165) is 29.3 Å². The van der Waals surface area contributed by atoms with Crippen LogP contribution in [0, 0.1) is 6.92 Å². The fourth-order valence-electron chi connectivity index (χ4n) is 1.84. The molecule has 3 nitrogen and oxygen atoms in total. The van der Waals surface area contributed by atoms with Gasteiger partial charge in [0.25, 0.3) is 0 Å². The van der Waals surface area contributed by atoms with Crippen molar-refractivity contribution in [1.29, 1.82) is 0 Å². The van der Waals surface area contributed by atoms with Gasteiger partial charge in [-0.1, -0.05) is 19.1 Å². The molecule has 19 heavy (non-hydrogen) atoms. The molecule has 2 rings (SSSR count). The second-order valence-corrected chi connectivity index (χ2v) is 5.73. The van der Waals surface area contributed by atoms with Crippen molar-refractivity contribution in [2.24, 2.45) is 5.73 Å². The van der Waals surface area contributed by atoms with Crippen LogP contribution in [0.1, 0.15) is 29.6 Å². The SMILES string of the molecule is CCC(N)Cc1cccc(OCc2csc(C)n2)c1. The van der Waals surface area contributed by atoms with Crippen LogP contribution in [0.2, 0.25) is 0 Å². The van der Waals surface area contributed by atoms with E-state index < -0.39 is 0 Å². The Morgan fingerprint density at radius 2 is 2.26 bits per heavy atom. The van der Waals surface area contributed by atoms with Gasteiger partial charge in [-0.05, 0) is 37.5 Å². The Labute approximate surface area is 118 Å². The summed E-state index contributed by atoms with van der Waals surface area (Å²) in [5, 5.41) is 3.10. The van der Waals surface area contributed by atoms with Crippen molar-refractivity contribution in [3.63, 3.8) is 0 Å². The average molecular weight is 276 g/mol. The van der Waals surface area contributed by atoms with Crippen LogP contribution in [0.25, 0.3) is 0 Å². The summed E-state index contributed by atoms with van der Waals surface area (Å²) < 4.78 is 5.76. The van der Waals surface area contributed by atoms with Gasteiger partial charge in [0.1, 0.15) is 12.4 Å². The molecule has 1 aromatic heterocycles. The third-order valence-electron chi connectivity index (χ3n) is 2.97. The first-order valence-corrected chi connectivity index (χ1v) is 7.43. The summed E-state index contributed by atoms with van der Waals surface area (Å²) in [7, 11) is 0. The topological polar surface area (TPSA) is 48.1 Å². The minimum atomic E-state index is 0.219. The second kappa shape index (κ2) is 6.68. The summed E-state index contributed by atoms with van der Waals surface area (Å²) in [5.41, 5.74) is 8.18. The van der Waals surface area contributed by atoms with Crippen LogP contribution in [-0.2, 0) is 13.0 Å². The summed E-state index contributed by atoms with van der Waals surface area (Å²) >= 11 is 1.65. The minimum absolute atomic E-state index is 0.219. The average Bonchev–Trinajstić information content (AvgIpc) is 2.82. The second-order valence-electron chi connectivity index (χ2n) is 4.67. The van der Waals surface area contributed by atoms with Crippen LogP contribution >= 0.6 is 11.3 Å². The Morgan fingerprint density at radius 1 is 1.42 bits per heavy atom. The summed E-state index contributed by atoms with van der Waals surface area (Å²) in [6.45, 7) is 4.63. The molecule has 1 atom stereocenters. The number of aromatic nitrogens is 1. The highest BCUT2D eigenvalue weighted by Gasteiger charge is 2.04. The van der Waals surface area contributed by atoms with E-state index in [1.807, 2.05) is 24.4 Å². The van der Waals surface area contributed by atoms with Crippen molar-refractivity contribution in [2.75, 3.05) is 0 Å². The van der Waals surface area contributed by atoms with E-state index in [0.29, 0.717) is 6.61 Å². The molecule has 0 aliphatic rings. The van der Waals surface area contributed by atoms with Gasteiger partial charge >= 0.3 is 0 Å². The highest BCUT2D eigenvalue weighted by molar-refractivity contribution is 7.09. The highest BCUT2D eigenvalue weighted by atomic mass is 32.1. The molecule has 102 valence electrons. The Balaban J connectivity index is 1.95. The molecule has 4 heteroatoms. The highest BCUT2D eigenvalue weighted by Crippen LogP contribution is 2.17. The molecular weight excluding hydrogens is 256 g/mol. The van der Waals surface area contributed by atoms with Gasteiger partial charge in [0, 0.05) is 11.4 Å². The van der Waals surface area contributed by atoms with E-state index in [1.54, 1.807) is 11.3 Å². The number of ether oxygens (including phenoxy) is 1. The number of benzene rings is 1. The molecule has 0 bridgehead atoms. The predicted molar refractivity (Wildman–Crippen MR) is 79.6 cm³/mol. The molecule has 2 aromatic rings. The predicted octanol–water partition coefficient (Wildman–Crippen LogP) is 3.31. The first-order chi connectivity index (χ1) is 9.17. The molecule has 0 aliphatic carbocycles. The Hall–Kier alpha value is -1.39. The van der Waals surface area contributed by atoms with Crippen LogP contribution in [0.5, 0.6) is 5.75 Å². The van der Waals surface area contributed by atoms with Crippen molar-refractivity contribution >= 4 is 11.3 Å². The molecule has 1 unspecified atom stereocenters. The number of aryl methyl sites for hydroxylation is 1. The number of thiazole rings is 1. The fraction of sp³-hybridized carbons (Fsp3) is 0.400. The summed E-state index contributed by atoms with van der Waals surface area (Å²) in [5.74, 6) is 0.881. The Kier molecular flexibility index (Phi) is 4.93.